The van der Waals surface area contributed by atoms with Crippen LogP contribution in [0.2, 0.25) is 0 Å². The van der Waals surface area contributed by atoms with E-state index in [1.165, 1.54) is 12.6 Å². The maximum Gasteiger partial charge on any atom is 0.267 e. The van der Waals surface area contributed by atoms with Crippen molar-refractivity contribution in [3.63, 3.8) is 0 Å². The molecule has 21 heavy (non-hydrogen) atoms. The number of primary amides is 1. The van der Waals surface area contributed by atoms with Gasteiger partial charge in [-0.25, -0.2) is 10.9 Å². The Labute approximate surface area is 124 Å². The zero-order chi connectivity index (χ0) is 15.4. The number of carbonyl (C=O) groups excluding carboxylic acids is 2. The molecule has 1 heterocycles. The summed E-state index contributed by atoms with van der Waals surface area (Å²) in [6.07, 6.45) is 7.10. The number of aromatic nitrogens is 1. The molecule has 4 N–H and O–H groups in total. The lowest BCUT2D eigenvalue weighted by molar-refractivity contribution is -0.118. The van der Waals surface area contributed by atoms with Gasteiger partial charge in [0.15, 0.2) is 0 Å². The molecule has 0 aromatic carbocycles. The summed E-state index contributed by atoms with van der Waals surface area (Å²) in [5.74, 6) is 5.34. The fraction of sp³-hybridized carbons (Fsp3) is 0.533. The number of hydrogen-bond acceptors (Lipinski definition) is 4. The summed E-state index contributed by atoms with van der Waals surface area (Å²) in [5.41, 5.74) is 6.97. The van der Waals surface area contributed by atoms with E-state index in [-0.39, 0.29) is 17.5 Å². The number of nitrogens with two attached hydrogens (primary N) is 2. The lowest BCUT2D eigenvalue weighted by Gasteiger charge is -2.28. The molecule has 6 heteroatoms. The average molecular weight is 290 g/mol. The maximum absolute atomic E-state index is 11.9. The van der Waals surface area contributed by atoms with Gasteiger partial charge in [0.05, 0.1) is 5.69 Å². The molecule has 1 aromatic rings. The number of hydrazine groups is 1. The van der Waals surface area contributed by atoms with Gasteiger partial charge in [0.25, 0.3) is 5.91 Å². The molecule has 1 fully saturated rings. The Bertz CT molecular complexity index is 538. The molecule has 0 atom stereocenters. The van der Waals surface area contributed by atoms with Crippen molar-refractivity contribution in [2.24, 2.45) is 11.6 Å². The molecule has 0 unspecified atom stereocenters. The van der Waals surface area contributed by atoms with Gasteiger partial charge in [-0.15, -0.1) is 0 Å². The Kier molecular flexibility index (Phi) is 4.90. The molecule has 1 saturated carbocycles. The van der Waals surface area contributed by atoms with Crippen molar-refractivity contribution >= 4 is 17.5 Å². The van der Waals surface area contributed by atoms with Crippen LogP contribution in [-0.4, -0.2) is 16.8 Å². The second-order valence-electron chi connectivity index (χ2n) is 5.41. The minimum Gasteiger partial charge on any atom is -0.364 e. The van der Waals surface area contributed by atoms with Crippen LogP contribution in [0, 0.1) is 0 Å². The first-order valence-electron chi connectivity index (χ1n) is 7.42. The van der Waals surface area contributed by atoms with Crippen molar-refractivity contribution in [2.75, 3.05) is 5.01 Å². The van der Waals surface area contributed by atoms with E-state index in [1.807, 2.05) is 0 Å². The molecule has 0 radical (unpaired) electrons. The minimum absolute atomic E-state index is 0.181. The second kappa shape index (κ2) is 6.67. The molecule has 1 aliphatic rings. The molecule has 0 saturated heterocycles. The van der Waals surface area contributed by atoms with Gasteiger partial charge in [0, 0.05) is 18.2 Å². The van der Waals surface area contributed by atoms with Crippen LogP contribution >= 0.6 is 0 Å². The summed E-state index contributed by atoms with van der Waals surface area (Å²) in [4.78, 5) is 27.7. The van der Waals surface area contributed by atoms with E-state index in [0.717, 1.165) is 36.3 Å². The number of nitrogens with zero attached hydrogens (tertiary/aromatic N) is 2. The third-order valence-corrected chi connectivity index (χ3v) is 4.04. The molecule has 0 bridgehead atoms. The Balaban J connectivity index is 2.50. The molecule has 2 amide bonds. The van der Waals surface area contributed by atoms with Gasteiger partial charge in [-0.3, -0.25) is 14.6 Å². The monoisotopic (exact) mass is 290 g/mol. The minimum atomic E-state index is -0.574. The highest BCUT2D eigenvalue weighted by Crippen LogP contribution is 2.38. The first-order valence-corrected chi connectivity index (χ1v) is 7.42. The normalized spacial score (nSPS) is 15.7. The van der Waals surface area contributed by atoms with Crippen LogP contribution in [0.15, 0.2) is 12.3 Å². The number of hydrogen-bond donors (Lipinski definition) is 2. The Morgan fingerprint density at radius 2 is 2.00 bits per heavy atom. The zero-order valence-electron chi connectivity index (χ0n) is 12.3. The predicted octanol–water partition coefficient (Wildman–Crippen LogP) is 1.84. The number of anilines is 1. The number of pyridine rings is 1. The third-order valence-electron chi connectivity index (χ3n) is 4.04. The van der Waals surface area contributed by atoms with Crippen LogP contribution in [0.4, 0.5) is 5.69 Å². The molecule has 114 valence electrons. The van der Waals surface area contributed by atoms with E-state index in [4.69, 9.17) is 11.6 Å². The molecular formula is C15H22N4O2. The zero-order valence-corrected chi connectivity index (χ0v) is 12.3. The summed E-state index contributed by atoms with van der Waals surface area (Å²) in [7, 11) is 0. The van der Waals surface area contributed by atoms with Crippen LogP contribution in [0.3, 0.4) is 0 Å². The van der Waals surface area contributed by atoms with Gasteiger partial charge >= 0.3 is 0 Å². The molecule has 2 rings (SSSR count). The average Bonchev–Trinajstić information content (AvgIpc) is 2.53. The molecule has 0 aliphatic heterocycles. The van der Waals surface area contributed by atoms with Gasteiger partial charge in [-0.1, -0.05) is 26.2 Å². The third kappa shape index (κ3) is 3.21. The fourth-order valence-corrected chi connectivity index (χ4v) is 2.97. The summed E-state index contributed by atoms with van der Waals surface area (Å²) < 4.78 is 0. The van der Waals surface area contributed by atoms with Crippen molar-refractivity contribution in [3.8, 4) is 0 Å². The number of amides is 2. The number of carbonyl (C=O) groups is 2. The largest absolute Gasteiger partial charge is 0.364 e. The molecular weight excluding hydrogens is 268 g/mol. The van der Waals surface area contributed by atoms with E-state index in [9.17, 15) is 9.59 Å². The van der Waals surface area contributed by atoms with Crippen LogP contribution in [0.5, 0.6) is 0 Å². The highest BCUT2D eigenvalue weighted by molar-refractivity contribution is 5.98. The lowest BCUT2D eigenvalue weighted by Crippen LogP contribution is -2.38. The summed E-state index contributed by atoms with van der Waals surface area (Å²) in [6.45, 7) is 1.75. The summed E-state index contributed by atoms with van der Waals surface area (Å²) >= 11 is 0. The Morgan fingerprint density at radius 3 is 2.57 bits per heavy atom. The standard InChI is InChI=1S/C15H22N4O2/c1-2-12(20)19(17)11-8-9-18-14(15(16)21)13(11)10-6-4-3-5-7-10/h8-10H,2-7,17H2,1H3,(H2,16,21). The maximum atomic E-state index is 11.9. The van der Waals surface area contributed by atoms with E-state index >= 15 is 0 Å². The Hall–Kier alpha value is -1.95. The first-order chi connectivity index (χ1) is 10.1. The van der Waals surface area contributed by atoms with Crippen molar-refractivity contribution in [1.82, 2.24) is 4.98 Å². The van der Waals surface area contributed by atoms with Crippen LogP contribution < -0.4 is 16.6 Å². The fourth-order valence-electron chi connectivity index (χ4n) is 2.97. The topological polar surface area (TPSA) is 102 Å². The Morgan fingerprint density at radius 1 is 1.33 bits per heavy atom. The van der Waals surface area contributed by atoms with Gasteiger partial charge in [0.1, 0.15) is 5.69 Å². The van der Waals surface area contributed by atoms with Gasteiger partial charge < -0.3 is 5.73 Å². The van der Waals surface area contributed by atoms with E-state index in [1.54, 1.807) is 13.0 Å². The quantitative estimate of drug-likeness (QED) is 0.501. The van der Waals surface area contributed by atoms with Crippen molar-refractivity contribution in [3.05, 3.63) is 23.5 Å². The highest BCUT2D eigenvalue weighted by atomic mass is 16.2. The van der Waals surface area contributed by atoms with Gasteiger partial charge in [-0.05, 0) is 24.8 Å². The number of rotatable bonds is 4. The van der Waals surface area contributed by atoms with Crippen molar-refractivity contribution in [2.45, 2.75) is 51.4 Å². The first kappa shape index (κ1) is 15.4. The van der Waals surface area contributed by atoms with E-state index in [0.29, 0.717) is 12.1 Å². The second-order valence-corrected chi connectivity index (χ2v) is 5.41. The van der Waals surface area contributed by atoms with Crippen LogP contribution in [-0.2, 0) is 4.79 Å². The molecule has 1 aromatic heterocycles. The van der Waals surface area contributed by atoms with Crippen molar-refractivity contribution in [1.29, 1.82) is 0 Å². The summed E-state index contributed by atoms with van der Waals surface area (Å²) in [6, 6.07) is 1.68. The summed E-state index contributed by atoms with van der Waals surface area (Å²) in [5, 5.41) is 1.12. The van der Waals surface area contributed by atoms with Gasteiger partial charge in [-0.2, -0.15) is 0 Å². The molecule has 1 aliphatic carbocycles. The lowest BCUT2D eigenvalue weighted by atomic mass is 9.82. The van der Waals surface area contributed by atoms with E-state index in [2.05, 4.69) is 4.98 Å². The van der Waals surface area contributed by atoms with Crippen LogP contribution in [0.1, 0.15) is 67.4 Å². The van der Waals surface area contributed by atoms with Crippen molar-refractivity contribution < 1.29 is 9.59 Å². The predicted molar refractivity (Wildman–Crippen MR) is 80.5 cm³/mol. The SMILES string of the molecule is CCC(=O)N(N)c1ccnc(C(N)=O)c1C1CCCCC1. The molecule has 6 nitrogen and oxygen atoms in total. The molecule has 0 spiro atoms. The highest BCUT2D eigenvalue weighted by Gasteiger charge is 2.27. The van der Waals surface area contributed by atoms with E-state index < -0.39 is 5.91 Å². The smallest absolute Gasteiger partial charge is 0.267 e. The van der Waals surface area contributed by atoms with Gasteiger partial charge in [0.2, 0.25) is 5.91 Å². The van der Waals surface area contributed by atoms with Crippen LogP contribution in [0.25, 0.3) is 0 Å².